The molecular formula is C21H24N2O7S. The highest BCUT2D eigenvalue weighted by Gasteiger charge is 2.40. The van der Waals surface area contributed by atoms with Crippen LogP contribution in [-0.2, 0) is 21.4 Å². The molecule has 9 nitrogen and oxygen atoms in total. The highest BCUT2D eigenvalue weighted by molar-refractivity contribution is 7.90. The molecule has 1 aliphatic heterocycles. The van der Waals surface area contributed by atoms with Crippen LogP contribution in [0, 0.1) is 0 Å². The first-order valence-corrected chi connectivity index (χ1v) is 11.0. The fourth-order valence-corrected chi connectivity index (χ4v) is 4.97. The first-order valence-electron chi connectivity index (χ1n) is 9.55. The summed E-state index contributed by atoms with van der Waals surface area (Å²) in [6.45, 7) is 0.162. The Morgan fingerprint density at radius 1 is 1.03 bits per heavy atom. The summed E-state index contributed by atoms with van der Waals surface area (Å²) in [5.41, 5.74) is 0.907. The molecule has 0 bridgehead atoms. The number of methoxy groups -OCH3 is 3. The van der Waals surface area contributed by atoms with Gasteiger partial charge in [0, 0.05) is 19.5 Å². The topological polar surface area (TPSA) is 111 Å². The maximum absolute atomic E-state index is 12.5. The number of hydrogen-bond donors (Lipinski definition) is 1. The van der Waals surface area contributed by atoms with Crippen LogP contribution in [0.5, 0.6) is 17.2 Å². The normalized spacial score (nSPS) is 14.2. The van der Waals surface area contributed by atoms with Gasteiger partial charge in [0.15, 0.2) is 11.5 Å². The number of nitrogens with one attached hydrogen (secondary N) is 1. The van der Waals surface area contributed by atoms with E-state index < -0.39 is 15.9 Å². The fourth-order valence-electron chi connectivity index (χ4n) is 3.36. The van der Waals surface area contributed by atoms with E-state index in [0.29, 0.717) is 17.2 Å². The Hall–Kier alpha value is -3.27. The number of rotatable bonds is 9. The van der Waals surface area contributed by atoms with Gasteiger partial charge in [0.25, 0.3) is 15.9 Å². The van der Waals surface area contributed by atoms with Gasteiger partial charge in [-0.3, -0.25) is 9.59 Å². The maximum atomic E-state index is 12.5. The van der Waals surface area contributed by atoms with Crippen LogP contribution in [0.4, 0.5) is 0 Å². The van der Waals surface area contributed by atoms with Gasteiger partial charge >= 0.3 is 0 Å². The molecule has 0 unspecified atom stereocenters. The Bertz CT molecular complexity index is 1070. The number of nitrogens with zero attached hydrogens (tertiary/aromatic N) is 1. The minimum atomic E-state index is -3.86. The summed E-state index contributed by atoms with van der Waals surface area (Å²) in [6.07, 6.45) is 0.278. The van der Waals surface area contributed by atoms with Crippen LogP contribution in [0.3, 0.4) is 0 Å². The van der Waals surface area contributed by atoms with Crippen molar-refractivity contribution in [2.75, 3.05) is 27.9 Å². The summed E-state index contributed by atoms with van der Waals surface area (Å²) in [4.78, 5) is 24.6. The average molecular weight is 448 g/mol. The van der Waals surface area contributed by atoms with Crippen molar-refractivity contribution < 1.29 is 32.2 Å². The summed E-state index contributed by atoms with van der Waals surface area (Å²) < 4.78 is 41.7. The van der Waals surface area contributed by atoms with Gasteiger partial charge in [-0.25, -0.2) is 12.7 Å². The number of carbonyl (C=O) groups excluding carboxylic acids is 2. The van der Waals surface area contributed by atoms with E-state index in [1.807, 2.05) is 0 Å². The van der Waals surface area contributed by atoms with Crippen LogP contribution in [0.25, 0.3) is 0 Å². The van der Waals surface area contributed by atoms with Crippen molar-refractivity contribution >= 4 is 21.8 Å². The number of sulfonamides is 1. The Labute approximate surface area is 181 Å². The van der Waals surface area contributed by atoms with Gasteiger partial charge in [-0.2, -0.15) is 0 Å². The Morgan fingerprint density at radius 2 is 1.68 bits per heavy atom. The second-order valence-electron chi connectivity index (χ2n) is 6.79. The molecule has 0 saturated carbocycles. The van der Waals surface area contributed by atoms with Crippen molar-refractivity contribution in [3.05, 3.63) is 47.5 Å². The van der Waals surface area contributed by atoms with Crippen LogP contribution in [-0.4, -0.2) is 52.4 Å². The molecule has 1 heterocycles. The molecule has 0 aromatic heterocycles. The Balaban J connectivity index is 1.56. The third kappa shape index (κ3) is 4.43. The van der Waals surface area contributed by atoms with Gasteiger partial charge in [-0.05, 0) is 36.2 Å². The quantitative estimate of drug-likeness (QED) is 0.624. The van der Waals surface area contributed by atoms with E-state index in [2.05, 4.69) is 5.32 Å². The van der Waals surface area contributed by atoms with E-state index >= 15 is 0 Å². The van der Waals surface area contributed by atoms with Crippen LogP contribution < -0.4 is 19.5 Å². The number of carbonyl (C=O) groups is 2. The standard InChI is InChI=1S/C21H24N2O7S/c1-28-16-11-14(12-17(29-2)20(16)30-3)13-22-19(24)9-6-10-23-21(25)15-7-4-5-8-18(15)31(23,26)27/h4-5,7-8,11-12H,6,9-10,13H2,1-3H3,(H,22,24). The van der Waals surface area contributed by atoms with Crippen LogP contribution in [0.15, 0.2) is 41.3 Å². The summed E-state index contributed by atoms with van der Waals surface area (Å²) >= 11 is 0. The number of amides is 2. The zero-order valence-corrected chi connectivity index (χ0v) is 18.3. The largest absolute Gasteiger partial charge is 0.493 e. The number of benzene rings is 2. The van der Waals surface area contributed by atoms with Crippen LogP contribution in [0.1, 0.15) is 28.8 Å². The van der Waals surface area contributed by atoms with Crippen molar-refractivity contribution in [2.24, 2.45) is 0 Å². The lowest BCUT2D eigenvalue weighted by Gasteiger charge is -2.15. The molecule has 2 aromatic carbocycles. The molecule has 0 atom stereocenters. The lowest BCUT2D eigenvalue weighted by Crippen LogP contribution is -2.32. The molecule has 0 radical (unpaired) electrons. The molecule has 2 amide bonds. The van der Waals surface area contributed by atoms with Gasteiger partial charge in [0.05, 0.1) is 26.9 Å². The van der Waals surface area contributed by atoms with Gasteiger partial charge < -0.3 is 19.5 Å². The molecule has 31 heavy (non-hydrogen) atoms. The summed E-state index contributed by atoms with van der Waals surface area (Å²) in [6, 6.07) is 9.55. The summed E-state index contributed by atoms with van der Waals surface area (Å²) in [5, 5.41) is 2.77. The Kier molecular flexibility index (Phi) is 6.69. The first kappa shape index (κ1) is 22.4. The second kappa shape index (κ2) is 9.25. The SMILES string of the molecule is COc1cc(CNC(=O)CCCN2C(=O)c3ccccc3S2(=O)=O)cc(OC)c1OC. The van der Waals surface area contributed by atoms with Crippen LogP contribution >= 0.6 is 0 Å². The van der Waals surface area contributed by atoms with E-state index in [0.717, 1.165) is 9.87 Å². The van der Waals surface area contributed by atoms with Crippen molar-refractivity contribution in [1.82, 2.24) is 9.62 Å². The molecule has 2 aromatic rings. The number of hydrogen-bond acceptors (Lipinski definition) is 7. The van der Waals surface area contributed by atoms with Crippen molar-refractivity contribution in [3.63, 3.8) is 0 Å². The van der Waals surface area contributed by atoms with E-state index in [1.165, 1.54) is 33.5 Å². The Morgan fingerprint density at radius 3 is 2.26 bits per heavy atom. The third-order valence-corrected chi connectivity index (χ3v) is 6.73. The smallest absolute Gasteiger partial charge is 0.269 e. The first-order chi connectivity index (χ1) is 14.8. The lowest BCUT2D eigenvalue weighted by molar-refractivity contribution is -0.121. The van der Waals surface area contributed by atoms with Crippen molar-refractivity contribution in [3.8, 4) is 17.2 Å². The van der Waals surface area contributed by atoms with Gasteiger partial charge in [0.2, 0.25) is 11.7 Å². The van der Waals surface area contributed by atoms with Crippen molar-refractivity contribution in [1.29, 1.82) is 0 Å². The van der Waals surface area contributed by atoms with E-state index in [4.69, 9.17) is 14.2 Å². The zero-order chi connectivity index (χ0) is 22.6. The second-order valence-corrected chi connectivity index (χ2v) is 8.62. The number of fused-ring (bicyclic) bond motifs is 1. The van der Waals surface area contributed by atoms with Gasteiger partial charge in [-0.15, -0.1) is 0 Å². The molecule has 0 aliphatic carbocycles. The minimum absolute atomic E-state index is 0.00634. The predicted octanol–water partition coefficient (Wildman–Crippen LogP) is 1.95. The lowest BCUT2D eigenvalue weighted by atomic mass is 10.1. The van der Waals surface area contributed by atoms with Crippen molar-refractivity contribution in [2.45, 2.75) is 24.3 Å². The van der Waals surface area contributed by atoms with Gasteiger partial charge in [-0.1, -0.05) is 12.1 Å². The summed E-state index contributed by atoms with van der Waals surface area (Å²) in [5.74, 6) is 0.577. The average Bonchev–Trinajstić information content (AvgIpc) is 2.97. The highest BCUT2D eigenvalue weighted by atomic mass is 32.2. The van der Waals surface area contributed by atoms with E-state index in [9.17, 15) is 18.0 Å². The maximum Gasteiger partial charge on any atom is 0.269 e. The zero-order valence-electron chi connectivity index (χ0n) is 17.5. The molecule has 0 fully saturated rings. The molecule has 10 heteroatoms. The molecular weight excluding hydrogens is 424 g/mol. The highest BCUT2D eigenvalue weighted by Crippen LogP contribution is 2.38. The van der Waals surface area contributed by atoms with E-state index in [-0.39, 0.29) is 42.3 Å². The molecule has 166 valence electrons. The molecule has 3 rings (SSSR count). The van der Waals surface area contributed by atoms with Crippen LogP contribution in [0.2, 0.25) is 0 Å². The van der Waals surface area contributed by atoms with E-state index in [1.54, 1.807) is 24.3 Å². The minimum Gasteiger partial charge on any atom is -0.493 e. The third-order valence-electron chi connectivity index (χ3n) is 4.89. The monoisotopic (exact) mass is 448 g/mol. The molecule has 0 saturated heterocycles. The molecule has 1 aliphatic rings. The fraction of sp³-hybridized carbons (Fsp3) is 0.333. The molecule has 0 spiro atoms. The molecule has 1 N–H and O–H groups in total. The van der Waals surface area contributed by atoms with Gasteiger partial charge in [0.1, 0.15) is 4.90 Å². The summed E-state index contributed by atoms with van der Waals surface area (Å²) in [7, 11) is 0.658. The predicted molar refractivity (Wildman–Crippen MR) is 112 cm³/mol. The number of ether oxygens (including phenoxy) is 3.